The van der Waals surface area contributed by atoms with Crippen molar-refractivity contribution >= 4 is 15.9 Å². The molecular formula is C15H23BrN2O2. The SMILES string of the molecule is COc1cc(Br)c(CNCCN2CCCC2)cc1OC. The lowest BCUT2D eigenvalue weighted by molar-refractivity contribution is 0.335. The van der Waals surface area contributed by atoms with Gasteiger partial charge in [0.2, 0.25) is 0 Å². The van der Waals surface area contributed by atoms with Gasteiger partial charge in [-0.05, 0) is 43.6 Å². The van der Waals surface area contributed by atoms with Gasteiger partial charge in [0.15, 0.2) is 11.5 Å². The molecule has 1 aliphatic rings. The summed E-state index contributed by atoms with van der Waals surface area (Å²) in [6.45, 7) is 5.48. The average Bonchev–Trinajstić information content (AvgIpc) is 2.97. The van der Waals surface area contributed by atoms with Gasteiger partial charge in [0.1, 0.15) is 0 Å². The highest BCUT2D eigenvalue weighted by atomic mass is 79.9. The summed E-state index contributed by atoms with van der Waals surface area (Å²) in [6.07, 6.45) is 2.70. The molecule has 5 heteroatoms. The topological polar surface area (TPSA) is 33.7 Å². The summed E-state index contributed by atoms with van der Waals surface area (Å²) in [7, 11) is 3.31. The maximum absolute atomic E-state index is 5.34. The van der Waals surface area contributed by atoms with Crippen molar-refractivity contribution in [1.82, 2.24) is 10.2 Å². The summed E-state index contributed by atoms with van der Waals surface area (Å²) in [5.74, 6) is 1.52. The van der Waals surface area contributed by atoms with Gasteiger partial charge in [-0.2, -0.15) is 0 Å². The lowest BCUT2D eigenvalue weighted by atomic mass is 10.2. The Balaban J connectivity index is 1.85. The van der Waals surface area contributed by atoms with Crippen LogP contribution in [-0.4, -0.2) is 45.3 Å². The quantitative estimate of drug-likeness (QED) is 0.772. The molecule has 1 heterocycles. The highest BCUT2D eigenvalue weighted by Crippen LogP contribution is 2.33. The Bertz CT molecular complexity index is 434. The first-order valence-electron chi connectivity index (χ1n) is 7.08. The predicted molar refractivity (Wildman–Crippen MR) is 84.6 cm³/mol. The second-order valence-electron chi connectivity index (χ2n) is 5.02. The molecule has 1 fully saturated rings. The summed E-state index contributed by atoms with van der Waals surface area (Å²) < 4.78 is 11.7. The van der Waals surface area contributed by atoms with Gasteiger partial charge in [-0.15, -0.1) is 0 Å². The van der Waals surface area contributed by atoms with Crippen molar-refractivity contribution in [2.24, 2.45) is 0 Å². The molecular weight excluding hydrogens is 320 g/mol. The number of hydrogen-bond acceptors (Lipinski definition) is 4. The van der Waals surface area contributed by atoms with E-state index in [1.807, 2.05) is 12.1 Å². The highest BCUT2D eigenvalue weighted by Gasteiger charge is 2.11. The number of methoxy groups -OCH3 is 2. The Morgan fingerprint density at radius 2 is 1.80 bits per heavy atom. The fourth-order valence-corrected chi connectivity index (χ4v) is 2.96. The van der Waals surface area contributed by atoms with Crippen LogP contribution in [0, 0.1) is 0 Å². The molecule has 1 aromatic rings. The number of benzene rings is 1. The van der Waals surface area contributed by atoms with E-state index < -0.39 is 0 Å². The molecule has 2 rings (SSSR count). The monoisotopic (exact) mass is 342 g/mol. The Morgan fingerprint density at radius 3 is 2.45 bits per heavy atom. The Morgan fingerprint density at radius 1 is 1.15 bits per heavy atom. The van der Waals surface area contributed by atoms with Crippen LogP contribution in [0.1, 0.15) is 18.4 Å². The second-order valence-corrected chi connectivity index (χ2v) is 5.88. The third-order valence-electron chi connectivity index (χ3n) is 3.67. The number of ether oxygens (including phenoxy) is 2. The molecule has 1 saturated heterocycles. The minimum absolute atomic E-state index is 0.750. The van der Waals surface area contributed by atoms with E-state index in [0.29, 0.717) is 0 Å². The molecule has 1 aromatic carbocycles. The Labute approximate surface area is 129 Å². The fraction of sp³-hybridized carbons (Fsp3) is 0.600. The number of halogens is 1. The first-order valence-corrected chi connectivity index (χ1v) is 7.87. The molecule has 1 aliphatic heterocycles. The minimum Gasteiger partial charge on any atom is -0.493 e. The molecule has 0 unspecified atom stereocenters. The molecule has 4 nitrogen and oxygen atoms in total. The van der Waals surface area contributed by atoms with E-state index in [0.717, 1.165) is 35.6 Å². The second kappa shape index (κ2) is 7.86. The third kappa shape index (κ3) is 4.11. The van der Waals surface area contributed by atoms with Crippen LogP contribution in [0.2, 0.25) is 0 Å². The van der Waals surface area contributed by atoms with Crippen LogP contribution in [0.15, 0.2) is 16.6 Å². The summed E-state index contributed by atoms with van der Waals surface area (Å²) in [4.78, 5) is 2.51. The Kier molecular flexibility index (Phi) is 6.13. The van der Waals surface area contributed by atoms with Crippen LogP contribution in [0.3, 0.4) is 0 Å². The average molecular weight is 343 g/mol. The zero-order valence-electron chi connectivity index (χ0n) is 12.2. The molecule has 20 heavy (non-hydrogen) atoms. The summed E-state index contributed by atoms with van der Waals surface area (Å²) in [5, 5.41) is 3.49. The van der Waals surface area contributed by atoms with Crippen LogP contribution in [0.4, 0.5) is 0 Å². The van der Waals surface area contributed by atoms with Gasteiger partial charge in [-0.1, -0.05) is 15.9 Å². The van der Waals surface area contributed by atoms with Crippen LogP contribution in [-0.2, 0) is 6.54 Å². The number of hydrogen-bond donors (Lipinski definition) is 1. The van der Waals surface area contributed by atoms with Crippen molar-refractivity contribution in [3.8, 4) is 11.5 Å². The van der Waals surface area contributed by atoms with Crippen molar-refractivity contribution in [3.05, 3.63) is 22.2 Å². The van der Waals surface area contributed by atoms with Crippen molar-refractivity contribution < 1.29 is 9.47 Å². The maximum Gasteiger partial charge on any atom is 0.161 e. The highest BCUT2D eigenvalue weighted by molar-refractivity contribution is 9.10. The standard InChI is InChI=1S/C15H23BrN2O2/c1-19-14-9-12(13(16)10-15(14)20-2)11-17-5-8-18-6-3-4-7-18/h9-10,17H,3-8,11H2,1-2H3. The smallest absolute Gasteiger partial charge is 0.161 e. The predicted octanol–water partition coefficient (Wildman–Crippen LogP) is 2.65. The van der Waals surface area contributed by atoms with E-state index in [4.69, 9.17) is 9.47 Å². The van der Waals surface area contributed by atoms with Crippen LogP contribution in [0.5, 0.6) is 11.5 Å². The Hall–Kier alpha value is -0.780. The zero-order valence-corrected chi connectivity index (χ0v) is 13.8. The van der Waals surface area contributed by atoms with E-state index in [1.54, 1.807) is 14.2 Å². The molecule has 0 amide bonds. The van der Waals surface area contributed by atoms with Crippen LogP contribution < -0.4 is 14.8 Å². The van der Waals surface area contributed by atoms with Crippen molar-refractivity contribution in [2.75, 3.05) is 40.4 Å². The molecule has 0 bridgehead atoms. The number of nitrogens with zero attached hydrogens (tertiary/aromatic N) is 1. The van der Waals surface area contributed by atoms with E-state index in [9.17, 15) is 0 Å². The molecule has 0 spiro atoms. The number of likely N-dealkylation sites (tertiary alicyclic amines) is 1. The largest absolute Gasteiger partial charge is 0.493 e. The third-order valence-corrected chi connectivity index (χ3v) is 4.41. The lowest BCUT2D eigenvalue weighted by Crippen LogP contribution is -2.29. The fourth-order valence-electron chi connectivity index (χ4n) is 2.50. The molecule has 0 atom stereocenters. The van der Waals surface area contributed by atoms with Gasteiger partial charge in [-0.3, -0.25) is 0 Å². The summed E-state index contributed by atoms with van der Waals surface area (Å²) in [5.41, 5.74) is 1.18. The van der Waals surface area contributed by atoms with Gasteiger partial charge in [0, 0.05) is 24.1 Å². The normalized spacial score (nSPS) is 15.6. The number of rotatable bonds is 7. The van der Waals surface area contributed by atoms with E-state index in [2.05, 4.69) is 26.1 Å². The zero-order chi connectivity index (χ0) is 14.4. The molecule has 0 aliphatic carbocycles. The minimum atomic E-state index is 0.750. The molecule has 112 valence electrons. The van der Waals surface area contributed by atoms with Gasteiger partial charge < -0.3 is 19.7 Å². The van der Waals surface area contributed by atoms with Gasteiger partial charge >= 0.3 is 0 Å². The van der Waals surface area contributed by atoms with E-state index in [-0.39, 0.29) is 0 Å². The summed E-state index contributed by atoms with van der Waals surface area (Å²) >= 11 is 3.58. The van der Waals surface area contributed by atoms with Crippen molar-refractivity contribution in [2.45, 2.75) is 19.4 Å². The maximum atomic E-state index is 5.34. The van der Waals surface area contributed by atoms with E-state index >= 15 is 0 Å². The van der Waals surface area contributed by atoms with Crippen LogP contribution >= 0.6 is 15.9 Å². The van der Waals surface area contributed by atoms with Gasteiger partial charge in [0.25, 0.3) is 0 Å². The van der Waals surface area contributed by atoms with Gasteiger partial charge in [0.05, 0.1) is 14.2 Å². The molecule has 1 N–H and O–H groups in total. The first kappa shape index (κ1) is 15.6. The number of nitrogens with one attached hydrogen (secondary N) is 1. The van der Waals surface area contributed by atoms with Crippen molar-refractivity contribution in [3.63, 3.8) is 0 Å². The van der Waals surface area contributed by atoms with Gasteiger partial charge in [-0.25, -0.2) is 0 Å². The molecule has 0 aromatic heterocycles. The molecule has 0 saturated carbocycles. The molecule has 0 radical (unpaired) electrons. The van der Waals surface area contributed by atoms with Crippen molar-refractivity contribution in [1.29, 1.82) is 0 Å². The van der Waals surface area contributed by atoms with Crippen LogP contribution in [0.25, 0.3) is 0 Å². The first-order chi connectivity index (χ1) is 9.74. The summed E-state index contributed by atoms with van der Waals surface area (Å²) in [6, 6.07) is 3.97. The van der Waals surface area contributed by atoms with E-state index in [1.165, 1.54) is 31.5 Å². The lowest BCUT2D eigenvalue weighted by Gasteiger charge is -2.16.